The number of hydrogen-bond donors (Lipinski definition) is 3. The van der Waals surface area contributed by atoms with Gasteiger partial charge in [-0.1, -0.05) is 20.3 Å². The molecule has 5 nitrogen and oxygen atoms in total. The lowest BCUT2D eigenvalue weighted by Gasteiger charge is -2.36. The Hall–Kier alpha value is -0.200. The number of rotatable bonds is 5. The Kier molecular flexibility index (Phi) is 5.59. The van der Waals surface area contributed by atoms with E-state index < -0.39 is 12.2 Å². The molecule has 2 aliphatic rings. The highest BCUT2D eigenvalue weighted by atomic mass is 16.5. The van der Waals surface area contributed by atoms with Gasteiger partial charge >= 0.3 is 0 Å². The molecule has 3 N–H and O–H groups in total. The lowest BCUT2D eigenvalue weighted by Crippen LogP contribution is -2.52. The number of nitrogens with zero attached hydrogens (tertiary/aromatic N) is 1. The Balaban J connectivity index is 2.00. The maximum absolute atomic E-state index is 10.4. The minimum atomic E-state index is -0.581. The van der Waals surface area contributed by atoms with Gasteiger partial charge in [0.25, 0.3) is 0 Å². The molecule has 0 aliphatic carbocycles. The van der Waals surface area contributed by atoms with E-state index in [4.69, 9.17) is 4.74 Å². The van der Waals surface area contributed by atoms with Crippen LogP contribution in [0.15, 0.2) is 0 Å². The van der Waals surface area contributed by atoms with Gasteiger partial charge in [0.15, 0.2) is 0 Å². The van der Waals surface area contributed by atoms with Crippen molar-refractivity contribution in [2.45, 2.75) is 63.5 Å². The molecule has 0 radical (unpaired) electrons. The number of aliphatic hydroxyl groups is 2. The average Bonchev–Trinajstić information content (AvgIpc) is 2.73. The van der Waals surface area contributed by atoms with Gasteiger partial charge in [0.05, 0.1) is 18.8 Å². The van der Waals surface area contributed by atoms with Crippen LogP contribution in [0.25, 0.3) is 0 Å². The molecule has 0 bridgehead atoms. The lowest BCUT2D eigenvalue weighted by atomic mass is 9.99. The van der Waals surface area contributed by atoms with Gasteiger partial charge in [-0.25, -0.2) is 0 Å². The third kappa shape index (κ3) is 3.67. The first-order chi connectivity index (χ1) is 9.13. The summed E-state index contributed by atoms with van der Waals surface area (Å²) in [6.07, 6.45) is 2.60. The van der Waals surface area contributed by atoms with Crippen molar-refractivity contribution in [2.24, 2.45) is 0 Å². The van der Waals surface area contributed by atoms with Crippen LogP contribution >= 0.6 is 0 Å². The Morgan fingerprint density at radius 3 is 2.47 bits per heavy atom. The van der Waals surface area contributed by atoms with Crippen LogP contribution in [0.4, 0.5) is 0 Å². The normalized spacial score (nSPS) is 37.1. The topological polar surface area (TPSA) is 65.0 Å². The molecule has 2 heterocycles. The fourth-order valence-corrected chi connectivity index (χ4v) is 3.16. The first kappa shape index (κ1) is 15.2. The molecule has 2 aliphatic heterocycles. The molecule has 0 spiro atoms. The van der Waals surface area contributed by atoms with Gasteiger partial charge in [0.2, 0.25) is 0 Å². The van der Waals surface area contributed by atoms with E-state index in [9.17, 15) is 10.2 Å². The fourth-order valence-electron chi connectivity index (χ4n) is 3.16. The minimum absolute atomic E-state index is 0.0173. The van der Waals surface area contributed by atoms with Crippen molar-refractivity contribution in [3.8, 4) is 0 Å². The van der Waals surface area contributed by atoms with Crippen molar-refractivity contribution in [1.29, 1.82) is 0 Å². The quantitative estimate of drug-likeness (QED) is 0.655. The number of piperidine rings is 1. The third-order valence-corrected chi connectivity index (χ3v) is 4.18. The van der Waals surface area contributed by atoms with Crippen molar-refractivity contribution in [3.63, 3.8) is 0 Å². The molecule has 4 atom stereocenters. The Morgan fingerprint density at radius 2 is 1.89 bits per heavy atom. The maximum Gasteiger partial charge on any atom is 0.109 e. The van der Waals surface area contributed by atoms with Crippen molar-refractivity contribution < 1.29 is 14.9 Å². The van der Waals surface area contributed by atoms with E-state index in [1.54, 1.807) is 0 Å². The Morgan fingerprint density at radius 1 is 1.21 bits per heavy atom. The summed E-state index contributed by atoms with van der Waals surface area (Å²) in [5, 5.41) is 23.1. The molecule has 19 heavy (non-hydrogen) atoms. The zero-order valence-electron chi connectivity index (χ0n) is 12.1. The van der Waals surface area contributed by atoms with Gasteiger partial charge in [-0.2, -0.15) is 0 Å². The van der Waals surface area contributed by atoms with Gasteiger partial charge in [-0.05, 0) is 25.9 Å². The highest BCUT2D eigenvalue weighted by molar-refractivity contribution is 4.98. The molecule has 2 saturated heterocycles. The number of aliphatic hydroxyl groups excluding tert-OH is 2. The van der Waals surface area contributed by atoms with E-state index in [1.807, 2.05) is 0 Å². The highest BCUT2D eigenvalue weighted by Crippen LogP contribution is 2.27. The maximum atomic E-state index is 10.4. The summed E-state index contributed by atoms with van der Waals surface area (Å²) in [7, 11) is 0. The first-order valence-electron chi connectivity index (χ1n) is 7.55. The Bertz CT molecular complexity index is 269. The van der Waals surface area contributed by atoms with Crippen LogP contribution in [0, 0.1) is 0 Å². The van der Waals surface area contributed by atoms with Crippen LogP contribution in [0.3, 0.4) is 0 Å². The Labute approximate surface area is 115 Å². The van der Waals surface area contributed by atoms with Crippen molar-refractivity contribution in [3.05, 3.63) is 0 Å². The molecule has 4 unspecified atom stereocenters. The molecule has 0 aromatic carbocycles. The van der Waals surface area contributed by atoms with Crippen LogP contribution in [0.1, 0.15) is 33.1 Å². The van der Waals surface area contributed by atoms with E-state index in [-0.39, 0.29) is 18.8 Å². The lowest BCUT2D eigenvalue weighted by molar-refractivity contribution is -0.0216. The van der Waals surface area contributed by atoms with Crippen molar-refractivity contribution in [2.75, 3.05) is 26.2 Å². The standard InChI is InChI=1S/C14H28N2O3/c1-10(2)15-8-11-13(14(18)12(9-17)19-11)16-6-4-3-5-7-16/h10-15,17-18H,3-9H2,1-2H3. The minimum Gasteiger partial charge on any atom is -0.394 e. The molecule has 2 rings (SSSR count). The van der Waals surface area contributed by atoms with Crippen LogP contribution in [-0.2, 0) is 4.74 Å². The molecule has 0 aromatic heterocycles. The molecule has 0 saturated carbocycles. The van der Waals surface area contributed by atoms with E-state index >= 15 is 0 Å². The van der Waals surface area contributed by atoms with Crippen molar-refractivity contribution >= 4 is 0 Å². The molecular weight excluding hydrogens is 244 g/mol. The number of ether oxygens (including phenoxy) is 1. The first-order valence-corrected chi connectivity index (χ1v) is 7.55. The number of nitrogens with one attached hydrogen (secondary N) is 1. The van der Waals surface area contributed by atoms with E-state index in [1.165, 1.54) is 19.3 Å². The van der Waals surface area contributed by atoms with Crippen LogP contribution in [0.2, 0.25) is 0 Å². The van der Waals surface area contributed by atoms with E-state index in [2.05, 4.69) is 24.1 Å². The fraction of sp³-hybridized carbons (Fsp3) is 1.00. The molecule has 112 valence electrons. The SMILES string of the molecule is CC(C)NCC1OC(CO)C(O)C1N1CCCCC1. The highest BCUT2D eigenvalue weighted by Gasteiger charge is 2.46. The average molecular weight is 272 g/mol. The molecular formula is C14H28N2O3. The summed E-state index contributed by atoms with van der Waals surface area (Å²) in [6.45, 7) is 6.88. The summed E-state index contributed by atoms with van der Waals surface area (Å²) >= 11 is 0. The summed E-state index contributed by atoms with van der Waals surface area (Å²) < 4.78 is 5.83. The van der Waals surface area contributed by atoms with Crippen molar-refractivity contribution in [1.82, 2.24) is 10.2 Å². The van der Waals surface area contributed by atoms with Gasteiger partial charge < -0.3 is 20.3 Å². The van der Waals surface area contributed by atoms with Gasteiger partial charge in [-0.15, -0.1) is 0 Å². The predicted molar refractivity (Wildman–Crippen MR) is 74.1 cm³/mol. The largest absolute Gasteiger partial charge is 0.394 e. The molecule has 2 fully saturated rings. The second-order valence-corrected chi connectivity index (χ2v) is 6.04. The van der Waals surface area contributed by atoms with Gasteiger partial charge in [0.1, 0.15) is 12.2 Å². The molecule has 0 aromatic rings. The van der Waals surface area contributed by atoms with Crippen LogP contribution < -0.4 is 5.32 Å². The second-order valence-electron chi connectivity index (χ2n) is 6.04. The van der Waals surface area contributed by atoms with E-state index in [0.29, 0.717) is 6.04 Å². The summed E-state index contributed by atoms with van der Waals surface area (Å²) in [6, 6.07) is 0.416. The zero-order valence-corrected chi connectivity index (χ0v) is 12.1. The summed E-state index contributed by atoms with van der Waals surface area (Å²) in [5.41, 5.74) is 0. The smallest absolute Gasteiger partial charge is 0.109 e. The van der Waals surface area contributed by atoms with Gasteiger partial charge in [0, 0.05) is 12.6 Å². The molecule has 5 heteroatoms. The van der Waals surface area contributed by atoms with E-state index in [0.717, 1.165) is 19.6 Å². The van der Waals surface area contributed by atoms with Crippen LogP contribution in [0.5, 0.6) is 0 Å². The van der Waals surface area contributed by atoms with Gasteiger partial charge in [-0.3, -0.25) is 4.90 Å². The number of likely N-dealkylation sites (tertiary alicyclic amines) is 1. The monoisotopic (exact) mass is 272 g/mol. The summed E-state index contributed by atoms with van der Waals surface area (Å²) in [5.74, 6) is 0. The third-order valence-electron chi connectivity index (χ3n) is 4.18. The predicted octanol–water partition coefficient (Wildman–Crippen LogP) is -0.0405. The second kappa shape index (κ2) is 6.99. The van der Waals surface area contributed by atoms with Crippen LogP contribution in [-0.4, -0.2) is 71.7 Å². The zero-order chi connectivity index (χ0) is 13.8. The number of hydrogen-bond acceptors (Lipinski definition) is 5. The molecule has 0 amide bonds. The summed E-state index contributed by atoms with van der Waals surface area (Å²) in [4.78, 5) is 2.34.